The summed E-state index contributed by atoms with van der Waals surface area (Å²) < 4.78 is 2.00. The number of fused-ring (bicyclic) bond motifs is 1. The number of nitrogens with zero attached hydrogens (tertiary/aromatic N) is 3. The molecule has 2 heterocycles. The van der Waals surface area contributed by atoms with Gasteiger partial charge in [-0.1, -0.05) is 24.3 Å². The molecule has 0 atom stereocenters. The summed E-state index contributed by atoms with van der Waals surface area (Å²) in [6.45, 7) is 1.52. The second-order valence-electron chi connectivity index (χ2n) is 5.17. The Labute approximate surface area is 129 Å². The molecule has 3 rings (SSSR count). The van der Waals surface area contributed by atoms with E-state index in [2.05, 4.69) is 15.3 Å². The zero-order valence-corrected chi connectivity index (χ0v) is 12.3. The second-order valence-corrected chi connectivity index (χ2v) is 5.17. The van der Waals surface area contributed by atoms with Crippen LogP contribution in [0.1, 0.15) is 12.0 Å². The van der Waals surface area contributed by atoms with Gasteiger partial charge in [0.15, 0.2) is 0 Å². The van der Waals surface area contributed by atoms with Crippen molar-refractivity contribution in [3.8, 4) is 0 Å². The fraction of sp³-hybridized carbons (Fsp3) is 0.235. The van der Waals surface area contributed by atoms with Gasteiger partial charge >= 0.3 is 0 Å². The fourth-order valence-electron chi connectivity index (χ4n) is 2.45. The molecule has 0 saturated heterocycles. The van der Waals surface area contributed by atoms with Crippen LogP contribution in [-0.2, 0) is 17.8 Å². The van der Waals surface area contributed by atoms with Crippen LogP contribution >= 0.6 is 0 Å². The predicted molar refractivity (Wildman–Crippen MR) is 85.3 cm³/mol. The van der Waals surface area contributed by atoms with Crippen molar-refractivity contribution >= 4 is 16.8 Å². The van der Waals surface area contributed by atoms with Gasteiger partial charge in [0, 0.05) is 37.1 Å². The molecule has 3 aromatic rings. The van der Waals surface area contributed by atoms with Crippen molar-refractivity contribution in [2.45, 2.75) is 19.4 Å². The number of aromatic nitrogens is 3. The molecule has 22 heavy (non-hydrogen) atoms. The molecule has 112 valence electrons. The first-order valence-corrected chi connectivity index (χ1v) is 7.38. The van der Waals surface area contributed by atoms with E-state index in [4.69, 9.17) is 0 Å². The Hall–Kier alpha value is -2.69. The van der Waals surface area contributed by atoms with Crippen LogP contribution in [0.15, 0.2) is 55.2 Å². The lowest BCUT2D eigenvalue weighted by atomic mass is 10.1. The van der Waals surface area contributed by atoms with Gasteiger partial charge in [-0.25, -0.2) is 4.98 Å². The maximum absolute atomic E-state index is 12.1. The first-order valence-electron chi connectivity index (χ1n) is 7.38. The highest BCUT2D eigenvalue weighted by atomic mass is 16.1. The van der Waals surface area contributed by atoms with E-state index in [-0.39, 0.29) is 5.91 Å². The van der Waals surface area contributed by atoms with E-state index < -0.39 is 0 Å². The molecule has 0 aliphatic carbocycles. The predicted octanol–water partition coefficient (Wildman–Crippen LogP) is 2.18. The molecule has 0 spiro atoms. The van der Waals surface area contributed by atoms with Gasteiger partial charge in [-0.3, -0.25) is 9.78 Å². The number of carbonyl (C=O) groups is 1. The molecule has 0 saturated carbocycles. The summed E-state index contributed by atoms with van der Waals surface area (Å²) in [5.41, 5.74) is 1.86. The maximum atomic E-state index is 12.1. The Kier molecular flexibility index (Phi) is 4.44. The monoisotopic (exact) mass is 294 g/mol. The van der Waals surface area contributed by atoms with Crippen molar-refractivity contribution < 1.29 is 4.79 Å². The second kappa shape index (κ2) is 6.85. The van der Waals surface area contributed by atoms with Crippen LogP contribution in [0.5, 0.6) is 0 Å². The minimum absolute atomic E-state index is 0.0313. The Balaban J connectivity index is 1.52. The molecule has 1 aromatic carbocycles. The van der Waals surface area contributed by atoms with Gasteiger partial charge in [-0.15, -0.1) is 0 Å². The average Bonchev–Trinajstić information content (AvgIpc) is 3.05. The Morgan fingerprint density at radius 2 is 2.09 bits per heavy atom. The number of hydrogen-bond donors (Lipinski definition) is 1. The molecule has 0 fully saturated rings. The van der Waals surface area contributed by atoms with Crippen molar-refractivity contribution in [2.24, 2.45) is 0 Å². The number of pyridine rings is 1. The van der Waals surface area contributed by atoms with Crippen LogP contribution in [0.3, 0.4) is 0 Å². The Morgan fingerprint density at radius 1 is 1.18 bits per heavy atom. The number of rotatable bonds is 6. The standard InChI is InChI=1S/C17H18N4O/c22-16(19-8-3-10-21-11-9-18-13-21)12-15-5-1-4-14-6-2-7-20-17(14)15/h1-2,4-7,9,11,13H,3,8,10,12H2,(H,19,22). The third-order valence-corrected chi connectivity index (χ3v) is 3.54. The van der Waals surface area contributed by atoms with Crippen LogP contribution in [0, 0.1) is 0 Å². The lowest BCUT2D eigenvalue weighted by Crippen LogP contribution is -2.26. The number of amides is 1. The van der Waals surface area contributed by atoms with Crippen molar-refractivity contribution in [3.63, 3.8) is 0 Å². The van der Waals surface area contributed by atoms with Crippen molar-refractivity contribution in [1.82, 2.24) is 19.9 Å². The minimum Gasteiger partial charge on any atom is -0.356 e. The van der Waals surface area contributed by atoms with Gasteiger partial charge in [0.2, 0.25) is 5.91 Å². The van der Waals surface area contributed by atoms with E-state index in [9.17, 15) is 4.79 Å². The molecular weight excluding hydrogens is 276 g/mol. The molecule has 5 nitrogen and oxygen atoms in total. The third kappa shape index (κ3) is 3.49. The molecule has 2 aromatic heterocycles. The topological polar surface area (TPSA) is 59.8 Å². The molecule has 0 radical (unpaired) electrons. The van der Waals surface area contributed by atoms with Gasteiger partial charge in [-0.05, 0) is 18.1 Å². The lowest BCUT2D eigenvalue weighted by Gasteiger charge is -2.07. The minimum atomic E-state index is 0.0313. The quantitative estimate of drug-likeness (QED) is 0.709. The summed E-state index contributed by atoms with van der Waals surface area (Å²) in [5, 5.41) is 4.02. The number of aryl methyl sites for hydroxylation is 1. The zero-order chi connectivity index (χ0) is 15.2. The lowest BCUT2D eigenvalue weighted by molar-refractivity contribution is -0.120. The van der Waals surface area contributed by atoms with Gasteiger partial charge < -0.3 is 9.88 Å². The normalized spacial score (nSPS) is 10.7. The average molecular weight is 294 g/mol. The Morgan fingerprint density at radius 3 is 2.95 bits per heavy atom. The van der Waals surface area contributed by atoms with Crippen LogP contribution in [-0.4, -0.2) is 27.0 Å². The SMILES string of the molecule is O=C(Cc1cccc2cccnc12)NCCCn1ccnc1. The summed E-state index contributed by atoms with van der Waals surface area (Å²) >= 11 is 0. The highest BCUT2D eigenvalue weighted by Gasteiger charge is 2.07. The summed E-state index contributed by atoms with van der Waals surface area (Å²) in [7, 11) is 0. The van der Waals surface area contributed by atoms with E-state index in [0.29, 0.717) is 13.0 Å². The van der Waals surface area contributed by atoms with Crippen LogP contribution in [0.25, 0.3) is 10.9 Å². The van der Waals surface area contributed by atoms with Gasteiger partial charge in [-0.2, -0.15) is 0 Å². The molecule has 5 heteroatoms. The van der Waals surface area contributed by atoms with E-state index in [1.165, 1.54) is 0 Å². The van der Waals surface area contributed by atoms with E-state index in [1.54, 1.807) is 18.7 Å². The van der Waals surface area contributed by atoms with Crippen LogP contribution in [0.4, 0.5) is 0 Å². The number of para-hydroxylation sites is 1. The number of carbonyl (C=O) groups excluding carboxylic acids is 1. The summed E-state index contributed by atoms with van der Waals surface area (Å²) in [4.78, 5) is 20.4. The Bertz CT molecular complexity index is 747. The molecule has 0 unspecified atom stereocenters. The van der Waals surface area contributed by atoms with Gasteiger partial charge in [0.25, 0.3) is 0 Å². The molecule has 0 bridgehead atoms. The van der Waals surface area contributed by atoms with E-state index in [0.717, 1.165) is 29.4 Å². The molecule has 0 aliphatic heterocycles. The van der Waals surface area contributed by atoms with Gasteiger partial charge in [0.1, 0.15) is 0 Å². The van der Waals surface area contributed by atoms with Crippen LogP contribution in [0.2, 0.25) is 0 Å². The first kappa shape index (κ1) is 14.3. The third-order valence-electron chi connectivity index (χ3n) is 3.54. The number of nitrogens with one attached hydrogen (secondary N) is 1. The summed E-state index contributed by atoms with van der Waals surface area (Å²) in [6, 6.07) is 9.85. The zero-order valence-electron chi connectivity index (χ0n) is 12.3. The fourth-order valence-corrected chi connectivity index (χ4v) is 2.45. The highest BCUT2D eigenvalue weighted by Crippen LogP contribution is 2.16. The molecule has 1 amide bonds. The smallest absolute Gasteiger partial charge is 0.224 e. The summed E-state index contributed by atoms with van der Waals surface area (Å²) in [5.74, 6) is 0.0313. The summed E-state index contributed by atoms with van der Waals surface area (Å²) in [6.07, 6.45) is 8.46. The van der Waals surface area contributed by atoms with Crippen molar-refractivity contribution in [2.75, 3.05) is 6.54 Å². The van der Waals surface area contributed by atoms with Crippen molar-refractivity contribution in [3.05, 3.63) is 60.8 Å². The van der Waals surface area contributed by atoms with E-state index >= 15 is 0 Å². The number of hydrogen-bond acceptors (Lipinski definition) is 3. The van der Waals surface area contributed by atoms with Crippen LogP contribution < -0.4 is 5.32 Å². The van der Waals surface area contributed by atoms with E-state index in [1.807, 2.05) is 41.1 Å². The molecular formula is C17H18N4O. The largest absolute Gasteiger partial charge is 0.356 e. The van der Waals surface area contributed by atoms with Crippen molar-refractivity contribution in [1.29, 1.82) is 0 Å². The first-order chi connectivity index (χ1) is 10.8. The number of benzene rings is 1. The molecule has 1 N–H and O–H groups in total. The maximum Gasteiger partial charge on any atom is 0.224 e. The highest BCUT2D eigenvalue weighted by molar-refractivity contribution is 5.87. The van der Waals surface area contributed by atoms with Gasteiger partial charge in [0.05, 0.1) is 18.3 Å². The molecule has 0 aliphatic rings. The number of imidazole rings is 1.